The molecule has 1 heterocycles. The van der Waals surface area contributed by atoms with Crippen LogP contribution >= 0.6 is 11.3 Å². The largest absolute Gasteiger partial charge is 0.372 e. The first kappa shape index (κ1) is 16.1. The van der Waals surface area contributed by atoms with Crippen LogP contribution in [0.25, 0.3) is 0 Å². The van der Waals surface area contributed by atoms with Crippen molar-refractivity contribution >= 4 is 17.2 Å². The number of hydrogen-bond donors (Lipinski definition) is 1. The van der Waals surface area contributed by atoms with Gasteiger partial charge in [-0.15, -0.1) is 11.3 Å². The molecule has 1 aromatic rings. The van der Waals surface area contributed by atoms with E-state index in [4.69, 9.17) is 10.5 Å². The summed E-state index contributed by atoms with van der Waals surface area (Å²) in [6.07, 6.45) is -0.00397. The van der Waals surface area contributed by atoms with Crippen LogP contribution < -0.4 is 5.73 Å². The van der Waals surface area contributed by atoms with E-state index in [2.05, 4.69) is 4.98 Å². The third-order valence-corrected chi connectivity index (χ3v) is 3.69. The van der Waals surface area contributed by atoms with Crippen molar-refractivity contribution in [1.29, 1.82) is 0 Å². The number of amides is 1. The standard InChI is InChI=1S/C13H23N3O2S/c1-6-18-9(2)11-15-10(8-19-11)7-16(5)12(17)13(3,4)14/h8-9H,6-7,14H2,1-5H3. The fourth-order valence-corrected chi connectivity index (χ4v) is 2.52. The molecule has 2 N–H and O–H groups in total. The van der Waals surface area contributed by atoms with Crippen molar-refractivity contribution in [3.63, 3.8) is 0 Å². The summed E-state index contributed by atoms with van der Waals surface area (Å²) in [5.74, 6) is -0.0973. The maximum absolute atomic E-state index is 12.0. The van der Waals surface area contributed by atoms with E-state index in [1.807, 2.05) is 19.2 Å². The zero-order valence-corrected chi connectivity index (χ0v) is 13.1. The predicted molar refractivity (Wildman–Crippen MR) is 76.9 cm³/mol. The first-order chi connectivity index (χ1) is 8.75. The van der Waals surface area contributed by atoms with Gasteiger partial charge in [0.15, 0.2) is 0 Å². The minimum absolute atomic E-state index is 0.00397. The number of rotatable bonds is 6. The molecule has 1 amide bonds. The number of nitrogens with two attached hydrogens (primary N) is 1. The molecule has 1 rings (SSSR count). The quantitative estimate of drug-likeness (QED) is 0.867. The molecule has 0 saturated carbocycles. The number of hydrogen-bond acceptors (Lipinski definition) is 5. The van der Waals surface area contributed by atoms with E-state index >= 15 is 0 Å². The van der Waals surface area contributed by atoms with Crippen LogP contribution in [0.5, 0.6) is 0 Å². The van der Waals surface area contributed by atoms with Gasteiger partial charge in [-0.1, -0.05) is 0 Å². The maximum atomic E-state index is 12.0. The number of carbonyl (C=O) groups excluding carboxylic acids is 1. The van der Waals surface area contributed by atoms with Crippen LogP contribution in [-0.4, -0.2) is 35.0 Å². The highest BCUT2D eigenvalue weighted by atomic mass is 32.1. The van der Waals surface area contributed by atoms with Gasteiger partial charge >= 0.3 is 0 Å². The minimum atomic E-state index is -0.855. The number of carbonyl (C=O) groups is 1. The maximum Gasteiger partial charge on any atom is 0.242 e. The second-order valence-electron chi connectivity index (χ2n) is 5.16. The number of nitrogens with zero attached hydrogens (tertiary/aromatic N) is 2. The lowest BCUT2D eigenvalue weighted by atomic mass is 10.1. The Hall–Kier alpha value is -0.980. The lowest BCUT2D eigenvalue weighted by molar-refractivity contribution is -0.135. The van der Waals surface area contributed by atoms with E-state index in [-0.39, 0.29) is 12.0 Å². The molecule has 19 heavy (non-hydrogen) atoms. The highest BCUT2D eigenvalue weighted by Gasteiger charge is 2.26. The van der Waals surface area contributed by atoms with Gasteiger partial charge in [-0.25, -0.2) is 4.98 Å². The Kier molecular flexibility index (Phi) is 5.46. The van der Waals surface area contributed by atoms with Crippen molar-refractivity contribution in [2.45, 2.75) is 45.9 Å². The van der Waals surface area contributed by atoms with Crippen LogP contribution in [-0.2, 0) is 16.1 Å². The van der Waals surface area contributed by atoms with E-state index < -0.39 is 5.54 Å². The molecule has 1 aromatic heterocycles. The molecular weight excluding hydrogens is 262 g/mol. The Morgan fingerprint density at radius 1 is 1.63 bits per heavy atom. The molecule has 0 spiro atoms. The zero-order chi connectivity index (χ0) is 14.6. The van der Waals surface area contributed by atoms with Crippen molar-refractivity contribution in [3.8, 4) is 0 Å². The summed E-state index contributed by atoms with van der Waals surface area (Å²) in [5.41, 5.74) is 5.81. The van der Waals surface area contributed by atoms with E-state index in [0.29, 0.717) is 13.2 Å². The SMILES string of the molecule is CCOC(C)c1nc(CN(C)C(=O)C(C)(C)N)cs1. The molecule has 0 aliphatic rings. The summed E-state index contributed by atoms with van der Waals surface area (Å²) in [4.78, 5) is 18.1. The monoisotopic (exact) mass is 285 g/mol. The van der Waals surface area contributed by atoms with Crippen molar-refractivity contribution in [2.24, 2.45) is 5.73 Å². The van der Waals surface area contributed by atoms with Crippen molar-refractivity contribution in [1.82, 2.24) is 9.88 Å². The first-order valence-electron chi connectivity index (χ1n) is 6.36. The Labute approximate surface area is 118 Å². The summed E-state index contributed by atoms with van der Waals surface area (Å²) in [5, 5.41) is 2.89. The van der Waals surface area contributed by atoms with Gasteiger partial charge < -0.3 is 15.4 Å². The van der Waals surface area contributed by atoms with Crippen molar-refractivity contribution in [2.75, 3.05) is 13.7 Å². The summed E-state index contributed by atoms with van der Waals surface area (Å²) < 4.78 is 5.50. The van der Waals surface area contributed by atoms with Crippen molar-refractivity contribution in [3.05, 3.63) is 16.1 Å². The van der Waals surface area contributed by atoms with E-state index in [1.165, 1.54) is 0 Å². The Morgan fingerprint density at radius 2 is 2.26 bits per heavy atom. The highest BCUT2D eigenvalue weighted by molar-refractivity contribution is 7.09. The van der Waals surface area contributed by atoms with Gasteiger partial charge in [0.05, 0.1) is 17.8 Å². The molecule has 0 aliphatic heterocycles. The van der Waals surface area contributed by atoms with Crippen LogP contribution in [0.4, 0.5) is 0 Å². The Morgan fingerprint density at radius 3 is 2.79 bits per heavy atom. The molecule has 1 unspecified atom stereocenters. The van der Waals surface area contributed by atoms with Gasteiger partial charge in [-0.3, -0.25) is 4.79 Å². The summed E-state index contributed by atoms with van der Waals surface area (Å²) >= 11 is 1.55. The average molecular weight is 285 g/mol. The zero-order valence-electron chi connectivity index (χ0n) is 12.3. The summed E-state index contributed by atoms with van der Waals surface area (Å²) in [7, 11) is 1.74. The minimum Gasteiger partial charge on any atom is -0.372 e. The first-order valence-corrected chi connectivity index (χ1v) is 7.24. The van der Waals surface area contributed by atoms with Gasteiger partial charge in [0.2, 0.25) is 5.91 Å². The topological polar surface area (TPSA) is 68.5 Å². The molecule has 0 fully saturated rings. The lowest BCUT2D eigenvalue weighted by Gasteiger charge is -2.25. The van der Waals surface area contributed by atoms with Gasteiger partial charge in [0, 0.05) is 19.0 Å². The van der Waals surface area contributed by atoms with Crippen LogP contribution in [0.15, 0.2) is 5.38 Å². The summed E-state index contributed by atoms with van der Waals surface area (Å²) in [6.45, 7) is 8.47. The molecule has 1 atom stereocenters. The number of thiazole rings is 1. The van der Waals surface area contributed by atoms with Crippen LogP contribution in [0.3, 0.4) is 0 Å². The van der Waals surface area contributed by atoms with Gasteiger partial charge in [-0.2, -0.15) is 0 Å². The number of likely N-dealkylation sites (N-methyl/N-ethyl adjacent to an activating group) is 1. The number of aromatic nitrogens is 1. The molecular formula is C13H23N3O2S. The molecule has 0 bridgehead atoms. The lowest BCUT2D eigenvalue weighted by Crippen LogP contribution is -2.49. The van der Waals surface area contributed by atoms with Crippen LogP contribution in [0.1, 0.15) is 44.5 Å². The predicted octanol–water partition coefficient (Wildman–Crippen LogP) is 1.94. The van der Waals surface area contributed by atoms with E-state index in [1.54, 1.807) is 37.1 Å². The van der Waals surface area contributed by atoms with E-state index in [0.717, 1.165) is 10.7 Å². The molecule has 0 saturated heterocycles. The molecule has 6 heteroatoms. The van der Waals surface area contributed by atoms with Crippen LogP contribution in [0.2, 0.25) is 0 Å². The third kappa shape index (κ3) is 4.56. The van der Waals surface area contributed by atoms with E-state index in [9.17, 15) is 4.79 Å². The van der Waals surface area contributed by atoms with Gasteiger partial charge in [0.1, 0.15) is 11.1 Å². The Balaban J connectivity index is 2.66. The summed E-state index contributed by atoms with van der Waals surface area (Å²) in [6, 6.07) is 0. The van der Waals surface area contributed by atoms with Gasteiger partial charge in [-0.05, 0) is 27.7 Å². The second kappa shape index (κ2) is 6.45. The fraction of sp³-hybridized carbons (Fsp3) is 0.692. The normalized spacial score (nSPS) is 13.4. The molecule has 0 aliphatic carbocycles. The second-order valence-corrected chi connectivity index (χ2v) is 6.05. The molecule has 108 valence electrons. The van der Waals surface area contributed by atoms with Crippen LogP contribution in [0, 0.1) is 0 Å². The van der Waals surface area contributed by atoms with Crippen molar-refractivity contribution < 1.29 is 9.53 Å². The average Bonchev–Trinajstić information content (AvgIpc) is 2.75. The third-order valence-electron chi connectivity index (χ3n) is 2.63. The smallest absolute Gasteiger partial charge is 0.242 e. The molecule has 0 aromatic carbocycles. The molecule has 0 radical (unpaired) electrons. The van der Waals surface area contributed by atoms with Gasteiger partial charge in [0.25, 0.3) is 0 Å². The molecule has 5 nitrogen and oxygen atoms in total. The fourth-order valence-electron chi connectivity index (χ4n) is 1.71. The Bertz CT molecular complexity index is 426. The highest BCUT2D eigenvalue weighted by Crippen LogP contribution is 2.21. The number of ether oxygens (including phenoxy) is 1.